The normalized spacial score (nSPS) is 13.7. The molecule has 22 heteroatoms. The van der Waals surface area contributed by atoms with Gasteiger partial charge in [0.05, 0.1) is 24.9 Å². The fourth-order valence-electron chi connectivity index (χ4n) is 6.51. The maximum atomic E-state index is 14.9. The number of likely N-dealkylation sites (tertiary alicyclic amines) is 1. The molecule has 0 radical (unpaired) electrons. The highest BCUT2D eigenvalue weighted by molar-refractivity contribution is 5.97. The molecule has 3 amide bonds. The second-order valence-corrected chi connectivity index (χ2v) is 14.4. The zero-order valence-corrected chi connectivity index (χ0v) is 34.1. The molecule has 2 saturated heterocycles. The zero-order valence-electron chi connectivity index (χ0n) is 33.2. The Morgan fingerprint density at radius 3 is 1.44 bits per heavy atom. The molecule has 2 aliphatic heterocycles. The molecular weight excluding hydrogens is 884 g/mol. The van der Waals surface area contributed by atoms with Crippen LogP contribution in [0.3, 0.4) is 0 Å². The fraction of sp³-hybridized carbons (Fsp3) is 0.262. The summed E-state index contributed by atoms with van der Waals surface area (Å²) >= 11 is 0. The fourth-order valence-corrected chi connectivity index (χ4v) is 6.51. The summed E-state index contributed by atoms with van der Waals surface area (Å²) in [6.07, 6.45) is -5.88. The molecular formula is C42H35ClF8N8O5. The molecule has 4 aromatic carbocycles. The van der Waals surface area contributed by atoms with E-state index >= 15 is 0 Å². The minimum atomic E-state index is -2.95. The monoisotopic (exact) mass is 918 g/mol. The number of nitrogens with zero attached hydrogens (tertiary/aromatic N) is 7. The van der Waals surface area contributed by atoms with E-state index in [0.717, 1.165) is 18.2 Å². The molecule has 13 nitrogen and oxygen atoms in total. The van der Waals surface area contributed by atoms with Gasteiger partial charge in [-0.05, 0) is 60.7 Å². The second-order valence-electron chi connectivity index (χ2n) is 14.4. The van der Waals surface area contributed by atoms with E-state index in [2.05, 4.69) is 25.7 Å². The summed E-state index contributed by atoms with van der Waals surface area (Å²) in [5, 5.41) is 16.4. The lowest BCUT2D eigenvalue weighted by atomic mass is 9.97. The molecule has 0 aliphatic carbocycles. The maximum absolute atomic E-state index is 14.9. The van der Waals surface area contributed by atoms with Crippen LogP contribution in [0.25, 0.3) is 22.9 Å². The van der Waals surface area contributed by atoms with Crippen LogP contribution in [0.5, 0.6) is 0 Å². The first kappa shape index (κ1) is 46.8. The lowest BCUT2D eigenvalue weighted by Gasteiger charge is -2.40. The standard InChI is InChI=1S/C22H18F4N4O3.C20H16F4N4O2.ClH/c1-12(31)29-9-15(10-29)22(32)30(17-4-2-3-16(23)8-17)11-14-6-5-13(7-18(14)24)20-27-28-21(33-20)19(25)26;21-14-2-1-3-15(7-14)28(20(29)13-8-25-9-13)10-12-5-4-11(6-16(12)22)18-26-27-19(30-18)17(23)24;/h2-8,15,19H,9-11H2,1H3;1-7,13,17,25H,8-10H2;1H. The van der Waals surface area contributed by atoms with Crippen LogP contribution < -0.4 is 15.1 Å². The van der Waals surface area contributed by atoms with E-state index in [9.17, 15) is 49.5 Å². The molecule has 0 unspecified atom stereocenters. The van der Waals surface area contributed by atoms with Gasteiger partial charge in [-0.3, -0.25) is 14.4 Å². The number of amides is 3. The Morgan fingerprint density at radius 1 is 0.656 bits per heavy atom. The highest BCUT2D eigenvalue weighted by atomic mass is 35.5. The first-order chi connectivity index (χ1) is 30.1. The number of rotatable bonds is 12. The van der Waals surface area contributed by atoms with Crippen LogP contribution in [0, 0.1) is 35.1 Å². The number of benzene rings is 4. The van der Waals surface area contributed by atoms with Crippen molar-refractivity contribution >= 4 is 41.5 Å². The Kier molecular flexibility index (Phi) is 14.7. The van der Waals surface area contributed by atoms with Gasteiger partial charge in [-0.25, -0.2) is 17.6 Å². The molecule has 0 bridgehead atoms. The molecule has 6 aromatic rings. The van der Waals surface area contributed by atoms with Crippen molar-refractivity contribution in [1.29, 1.82) is 0 Å². The van der Waals surface area contributed by atoms with Crippen molar-refractivity contribution in [3.8, 4) is 22.9 Å². The van der Waals surface area contributed by atoms with E-state index in [1.807, 2.05) is 0 Å². The third-order valence-corrected chi connectivity index (χ3v) is 10.1. The predicted molar refractivity (Wildman–Crippen MR) is 214 cm³/mol. The molecule has 2 fully saturated rings. The average molecular weight is 919 g/mol. The summed E-state index contributed by atoms with van der Waals surface area (Å²) in [4.78, 5) is 41.5. The summed E-state index contributed by atoms with van der Waals surface area (Å²) in [6, 6.07) is 18.5. The molecule has 2 aliphatic rings. The van der Waals surface area contributed by atoms with Crippen molar-refractivity contribution in [3.63, 3.8) is 0 Å². The Balaban J connectivity index is 0.000000210. The Bertz CT molecular complexity index is 2620. The molecule has 4 heterocycles. The van der Waals surface area contributed by atoms with E-state index in [-0.39, 0.29) is 102 Å². The molecule has 0 saturated carbocycles. The zero-order chi connectivity index (χ0) is 44.9. The summed E-state index contributed by atoms with van der Waals surface area (Å²) in [7, 11) is 0. The lowest BCUT2D eigenvalue weighted by molar-refractivity contribution is -0.140. The lowest BCUT2D eigenvalue weighted by Crippen LogP contribution is -2.56. The third kappa shape index (κ3) is 10.7. The average Bonchev–Trinajstić information content (AvgIpc) is 3.91. The van der Waals surface area contributed by atoms with Crippen LogP contribution in [0.2, 0.25) is 0 Å². The van der Waals surface area contributed by atoms with Gasteiger partial charge in [-0.15, -0.1) is 32.8 Å². The van der Waals surface area contributed by atoms with Crippen LogP contribution in [0.15, 0.2) is 93.8 Å². The maximum Gasteiger partial charge on any atom is 0.314 e. The van der Waals surface area contributed by atoms with Crippen LogP contribution in [-0.2, 0) is 27.5 Å². The predicted octanol–water partition coefficient (Wildman–Crippen LogP) is 8.09. The highest BCUT2D eigenvalue weighted by Gasteiger charge is 2.37. The second kappa shape index (κ2) is 20.2. The van der Waals surface area contributed by atoms with Crippen molar-refractivity contribution in [3.05, 3.63) is 131 Å². The summed E-state index contributed by atoms with van der Waals surface area (Å²) < 4.78 is 117. The van der Waals surface area contributed by atoms with E-state index in [4.69, 9.17) is 8.83 Å². The number of hydrogen-bond acceptors (Lipinski definition) is 10. The number of nitrogens with one attached hydrogen (secondary N) is 1. The van der Waals surface area contributed by atoms with Crippen molar-refractivity contribution in [2.45, 2.75) is 32.9 Å². The van der Waals surface area contributed by atoms with Gasteiger partial charge in [0.25, 0.3) is 11.8 Å². The third-order valence-electron chi connectivity index (χ3n) is 10.1. The number of halogens is 9. The quantitative estimate of drug-likeness (QED) is 0.119. The van der Waals surface area contributed by atoms with Crippen molar-refractivity contribution in [2.75, 3.05) is 36.0 Å². The molecule has 8 rings (SSSR count). The molecule has 336 valence electrons. The van der Waals surface area contributed by atoms with Gasteiger partial charge >= 0.3 is 12.9 Å². The summed E-state index contributed by atoms with van der Waals surface area (Å²) in [5.74, 6) is -6.30. The van der Waals surface area contributed by atoms with Crippen LogP contribution >= 0.6 is 12.4 Å². The molecule has 0 atom stereocenters. The highest BCUT2D eigenvalue weighted by Crippen LogP contribution is 2.30. The van der Waals surface area contributed by atoms with Crippen LogP contribution in [0.1, 0.15) is 42.7 Å². The van der Waals surface area contributed by atoms with Gasteiger partial charge in [0.2, 0.25) is 29.5 Å². The Hall–Kier alpha value is -6.74. The number of carbonyl (C=O) groups excluding carboxylic acids is 3. The van der Waals surface area contributed by atoms with Gasteiger partial charge < -0.3 is 28.9 Å². The van der Waals surface area contributed by atoms with Gasteiger partial charge in [0.15, 0.2) is 0 Å². The topological polar surface area (TPSA) is 151 Å². The number of carbonyl (C=O) groups is 3. The summed E-state index contributed by atoms with van der Waals surface area (Å²) in [5.41, 5.74) is 1.04. The van der Waals surface area contributed by atoms with E-state index < -0.39 is 53.8 Å². The van der Waals surface area contributed by atoms with Crippen molar-refractivity contribution in [2.24, 2.45) is 11.8 Å². The molecule has 1 N–H and O–H groups in total. The number of aromatic nitrogens is 4. The SMILES string of the molecule is CC(=O)N1CC(C(=O)N(Cc2ccc(-c3nnc(C(F)F)o3)cc2F)c2cccc(F)c2)C1.Cl.O=C(C1CNC1)N(Cc1ccc(-c2nnc(C(F)F)o2)cc1F)c1cccc(F)c1. The Labute approximate surface area is 364 Å². The van der Waals surface area contributed by atoms with E-state index in [0.29, 0.717) is 18.8 Å². The van der Waals surface area contributed by atoms with Crippen molar-refractivity contribution < 1.29 is 58.3 Å². The van der Waals surface area contributed by atoms with Gasteiger partial charge in [0, 0.05) is 66.7 Å². The smallest absolute Gasteiger partial charge is 0.314 e. The van der Waals surface area contributed by atoms with Crippen LogP contribution in [-0.4, -0.2) is 69.2 Å². The number of anilines is 2. The number of alkyl halides is 4. The van der Waals surface area contributed by atoms with Gasteiger partial charge in [-0.1, -0.05) is 24.3 Å². The molecule has 2 aromatic heterocycles. The largest absolute Gasteiger partial charge is 0.415 e. The first-order valence-corrected chi connectivity index (χ1v) is 19.1. The molecule has 64 heavy (non-hydrogen) atoms. The van der Waals surface area contributed by atoms with E-state index in [1.165, 1.54) is 82.3 Å². The van der Waals surface area contributed by atoms with Gasteiger partial charge in [0.1, 0.15) is 23.3 Å². The minimum absolute atomic E-state index is 0. The van der Waals surface area contributed by atoms with Gasteiger partial charge in [-0.2, -0.15) is 17.6 Å². The first-order valence-electron chi connectivity index (χ1n) is 19.1. The van der Waals surface area contributed by atoms with E-state index in [1.54, 1.807) is 6.07 Å². The summed E-state index contributed by atoms with van der Waals surface area (Å²) in [6.45, 7) is 2.51. The minimum Gasteiger partial charge on any atom is -0.415 e. The van der Waals surface area contributed by atoms with Crippen LogP contribution in [0.4, 0.5) is 46.5 Å². The van der Waals surface area contributed by atoms with Crippen molar-refractivity contribution in [1.82, 2.24) is 30.6 Å². The Morgan fingerprint density at radius 2 is 1.09 bits per heavy atom. The number of hydrogen-bond donors (Lipinski definition) is 1. The molecule has 0 spiro atoms.